The average Bonchev–Trinajstić information content (AvgIpc) is 2.68. The van der Waals surface area contributed by atoms with Crippen molar-refractivity contribution >= 4 is 29.0 Å². The normalized spacial score (nSPS) is 11.0. The molecule has 0 bridgehead atoms. The number of aromatic nitrogens is 2. The number of anilines is 4. The van der Waals surface area contributed by atoms with E-state index in [0.29, 0.717) is 28.6 Å². The van der Waals surface area contributed by atoms with E-state index < -0.39 is 17.7 Å². The van der Waals surface area contributed by atoms with E-state index in [9.17, 15) is 18.0 Å². The highest BCUT2D eigenvalue weighted by Crippen LogP contribution is 2.30. The molecule has 144 valence electrons. The van der Waals surface area contributed by atoms with Gasteiger partial charge in [0.05, 0.1) is 23.9 Å². The van der Waals surface area contributed by atoms with Crippen molar-refractivity contribution in [2.75, 3.05) is 17.7 Å². The van der Waals surface area contributed by atoms with Gasteiger partial charge in [-0.05, 0) is 36.4 Å². The summed E-state index contributed by atoms with van der Waals surface area (Å²) in [7, 11) is 1.29. The summed E-state index contributed by atoms with van der Waals surface area (Å²) < 4.78 is 42.7. The molecule has 0 saturated carbocycles. The molecule has 6 nitrogen and oxygen atoms in total. The molecule has 3 rings (SSSR count). The fourth-order valence-electron chi connectivity index (χ4n) is 2.40. The number of benzene rings is 2. The van der Waals surface area contributed by atoms with Gasteiger partial charge in [-0.25, -0.2) is 14.8 Å². The van der Waals surface area contributed by atoms with Crippen LogP contribution in [-0.2, 0) is 10.9 Å². The van der Waals surface area contributed by atoms with Crippen LogP contribution in [0.2, 0.25) is 0 Å². The van der Waals surface area contributed by atoms with Gasteiger partial charge < -0.3 is 15.4 Å². The van der Waals surface area contributed by atoms with Crippen molar-refractivity contribution < 1.29 is 22.7 Å². The zero-order chi connectivity index (χ0) is 20.1. The van der Waals surface area contributed by atoms with Crippen LogP contribution < -0.4 is 10.6 Å². The lowest BCUT2D eigenvalue weighted by Gasteiger charge is -2.12. The molecular weight excluding hydrogens is 373 g/mol. The van der Waals surface area contributed by atoms with Crippen molar-refractivity contribution in [1.82, 2.24) is 9.97 Å². The molecule has 1 aromatic heterocycles. The molecule has 3 aromatic rings. The smallest absolute Gasteiger partial charge is 0.416 e. The number of nitrogens with zero attached hydrogens (tertiary/aromatic N) is 2. The summed E-state index contributed by atoms with van der Waals surface area (Å²) in [4.78, 5) is 20.0. The van der Waals surface area contributed by atoms with E-state index in [4.69, 9.17) is 4.74 Å². The van der Waals surface area contributed by atoms with E-state index in [2.05, 4.69) is 20.6 Å². The van der Waals surface area contributed by atoms with Gasteiger partial charge in [0.2, 0.25) is 0 Å². The maximum absolute atomic E-state index is 12.6. The highest BCUT2D eigenvalue weighted by Gasteiger charge is 2.29. The minimum absolute atomic E-state index is 0.334. The number of hydrogen-bond donors (Lipinski definition) is 2. The highest BCUT2D eigenvalue weighted by atomic mass is 19.4. The number of halogens is 3. The Bertz CT molecular complexity index is 975. The van der Waals surface area contributed by atoms with Gasteiger partial charge in [0.15, 0.2) is 0 Å². The molecule has 0 aliphatic rings. The number of methoxy groups -OCH3 is 1. The number of nitrogens with one attached hydrogen (secondary N) is 2. The van der Waals surface area contributed by atoms with Crippen molar-refractivity contribution in [3.63, 3.8) is 0 Å². The highest BCUT2D eigenvalue weighted by molar-refractivity contribution is 5.96. The number of para-hydroxylation sites is 1. The molecule has 2 aromatic carbocycles. The minimum Gasteiger partial charge on any atom is -0.465 e. The lowest BCUT2D eigenvalue weighted by Crippen LogP contribution is -2.06. The second-order valence-electron chi connectivity index (χ2n) is 5.65. The molecule has 1 heterocycles. The Morgan fingerprint density at radius 3 is 2.25 bits per heavy atom. The summed E-state index contributed by atoms with van der Waals surface area (Å²) in [5.41, 5.74) is 0.532. The minimum atomic E-state index is -4.39. The molecule has 0 aliphatic carbocycles. The van der Waals surface area contributed by atoms with Crippen molar-refractivity contribution in [2.24, 2.45) is 0 Å². The van der Waals surface area contributed by atoms with E-state index in [1.165, 1.54) is 25.6 Å². The third-order valence-corrected chi connectivity index (χ3v) is 3.75. The zero-order valence-electron chi connectivity index (χ0n) is 14.6. The number of alkyl halides is 3. The molecule has 0 amide bonds. The van der Waals surface area contributed by atoms with E-state index in [0.717, 1.165) is 12.1 Å². The van der Waals surface area contributed by atoms with E-state index in [1.54, 1.807) is 30.3 Å². The molecule has 28 heavy (non-hydrogen) atoms. The number of ether oxygens (including phenoxy) is 1. The summed E-state index contributed by atoms with van der Waals surface area (Å²) in [6.07, 6.45) is -3.10. The monoisotopic (exact) mass is 388 g/mol. The molecule has 0 fully saturated rings. The van der Waals surface area contributed by atoms with Crippen LogP contribution in [0.25, 0.3) is 0 Å². The Labute approximate surface area is 158 Å². The first-order valence-electron chi connectivity index (χ1n) is 8.07. The van der Waals surface area contributed by atoms with Crippen molar-refractivity contribution in [3.05, 3.63) is 72.1 Å². The van der Waals surface area contributed by atoms with E-state index >= 15 is 0 Å². The van der Waals surface area contributed by atoms with Crippen LogP contribution in [0.3, 0.4) is 0 Å². The Morgan fingerprint density at radius 2 is 1.61 bits per heavy atom. The van der Waals surface area contributed by atoms with Gasteiger partial charge >= 0.3 is 12.1 Å². The summed E-state index contributed by atoms with van der Waals surface area (Å²) in [6, 6.07) is 12.9. The first-order chi connectivity index (χ1) is 13.4. The fourth-order valence-corrected chi connectivity index (χ4v) is 2.40. The van der Waals surface area contributed by atoms with Crippen molar-refractivity contribution in [1.29, 1.82) is 0 Å². The summed E-state index contributed by atoms with van der Waals surface area (Å²) >= 11 is 0. The van der Waals surface area contributed by atoms with Crippen molar-refractivity contribution in [2.45, 2.75) is 6.18 Å². The fraction of sp³-hybridized carbons (Fsp3) is 0.105. The van der Waals surface area contributed by atoms with Gasteiger partial charge in [-0.15, -0.1) is 0 Å². The SMILES string of the molecule is COC(=O)c1ccccc1Nc1cc(Nc2ccc(C(F)(F)F)cc2)ncn1. The van der Waals surface area contributed by atoms with Gasteiger partial charge in [0.25, 0.3) is 0 Å². The largest absolute Gasteiger partial charge is 0.465 e. The van der Waals surface area contributed by atoms with Crippen LogP contribution in [0.1, 0.15) is 15.9 Å². The van der Waals surface area contributed by atoms with Crippen LogP contribution in [0.4, 0.5) is 36.2 Å². The molecule has 0 atom stereocenters. The maximum atomic E-state index is 12.6. The second-order valence-corrected chi connectivity index (χ2v) is 5.65. The van der Waals surface area contributed by atoms with Gasteiger partial charge in [-0.1, -0.05) is 12.1 Å². The van der Waals surface area contributed by atoms with Crippen LogP contribution in [-0.4, -0.2) is 23.0 Å². The average molecular weight is 388 g/mol. The summed E-state index contributed by atoms with van der Waals surface area (Å²) in [5.74, 6) is 0.258. The van der Waals surface area contributed by atoms with Gasteiger partial charge in [0.1, 0.15) is 18.0 Å². The number of carbonyl (C=O) groups excluding carboxylic acids is 1. The maximum Gasteiger partial charge on any atom is 0.416 e. The molecule has 2 N–H and O–H groups in total. The lowest BCUT2D eigenvalue weighted by molar-refractivity contribution is -0.137. The molecule has 0 spiro atoms. The second kappa shape index (κ2) is 7.95. The Hall–Kier alpha value is -3.62. The molecule has 9 heteroatoms. The van der Waals surface area contributed by atoms with Gasteiger partial charge in [-0.2, -0.15) is 13.2 Å². The van der Waals surface area contributed by atoms with Crippen LogP contribution in [0, 0.1) is 0 Å². The van der Waals surface area contributed by atoms with Gasteiger partial charge in [0, 0.05) is 11.8 Å². The predicted octanol–water partition coefficient (Wildman–Crippen LogP) is 4.77. The molecule has 0 aliphatic heterocycles. The number of hydrogen-bond acceptors (Lipinski definition) is 6. The standard InChI is InChI=1S/C19H15F3N4O2/c1-28-18(27)14-4-2-3-5-15(14)26-17-10-16(23-11-24-17)25-13-8-6-12(7-9-13)19(20,21)22/h2-11H,1H3,(H2,23,24,25,26). The first kappa shape index (κ1) is 19.2. The van der Waals surface area contributed by atoms with Gasteiger partial charge in [-0.3, -0.25) is 0 Å². The number of rotatable bonds is 5. The number of carbonyl (C=O) groups is 1. The first-order valence-corrected chi connectivity index (χ1v) is 8.07. The lowest BCUT2D eigenvalue weighted by atomic mass is 10.2. The Balaban J connectivity index is 1.77. The summed E-state index contributed by atoms with van der Waals surface area (Å²) in [5, 5.41) is 5.91. The van der Waals surface area contributed by atoms with Crippen molar-refractivity contribution in [3.8, 4) is 0 Å². The van der Waals surface area contributed by atoms with E-state index in [1.807, 2.05) is 0 Å². The van der Waals surface area contributed by atoms with Crippen LogP contribution in [0.15, 0.2) is 60.9 Å². The summed E-state index contributed by atoms with van der Waals surface area (Å²) in [6.45, 7) is 0. The van der Waals surface area contributed by atoms with Crippen LogP contribution in [0.5, 0.6) is 0 Å². The van der Waals surface area contributed by atoms with Crippen LogP contribution >= 0.6 is 0 Å². The van der Waals surface area contributed by atoms with E-state index in [-0.39, 0.29) is 0 Å². The molecule has 0 radical (unpaired) electrons. The third-order valence-electron chi connectivity index (χ3n) is 3.75. The Kier molecular flexibility index (Phi) is 5.44. The molecular formula is C19H15F3N4O2. The third kappa shape index (κ3) is 4.56. The predicted molar refractivity (Wildman–Crippen MR) is 97.8 cm³/mol. The molecule has 0 saturated heterocycles. The zero-order valence-corrected chi connectivity index (χ0v) is 14.6. The topological polar surface area (TPSA) is 76.1 Å². The number of esters is 1. The molecule has 0 unspecified atom stereocenters. The Morgan fingerprint density at radius 1 is 0.964 bits per heavy atom. The quantitative estimate of drug-likeness (QED) is 0.614.